The van der Waals surface area contributed by atoms with Crippen LogP contribution in [0.25, 0.3) is 34.0 Å². The molecule has 2 heterocycles. The maximum absolute atomic E-state index is 12.7. The van der Waals surface area contributed by atoms with E-state index in [0.29, 0.717) is 35.6 Å². The first-order valence-electron chi connectivity index (χ1n) is 10.2. The molecule has 0 N–H and O–H groups in total. The Bertz CT molecular complexity index is 1320. The Labute approximate surface area is 185 Å². The van der Waals surface area contributed by atoms with Gasteiger partial charge in [0.05, 0.1) is 11.3 Å². The van der Waals surface area contributed by atoms with Crippen molar-refractivity contribution in [2.75, 3.05) is 27.2 Å². The van der Waals surface area contributed by atoms with Crippen LogP contribution in [0.5, 0.6) is 0 Å². The lowest BCUT2D eigenvalue weighted by Gasteiger charge is -2.08. The molecule has 2 aromatic carbocycles. The summed E-state index contributed by atoms with van der Waals surface area (Å²) >= 11 is 0. The highest BCUT2D eigenvalue weighted by molar-refractivity contribution is 5.89. The molecule has 4 rings (SSSR count). The quantitative estimate of drug-likeness (QED) is 0.253. The van der Waals surface area contributed by atoms with Crippen molar-refractivity contribution in [3.63, 3.8) is 0 Å². The summed E-state index contributed by atoms with van der Waals surface area (Å²) in [5, 5.41) is 5.41. The monoisotopic (exact) mass is 429 g/mol. The van der Waals surface area contributed by atoms with Gasteiger partial charge in [0.2, 0.25) is 0 Å². The van der Waals surface area contributed by atoms with Crippen molar-refractivity contribution in [2.45, 2.75) is 0 Å². The number of nitrogens with zero attached hydrogens (tertiary/aromatic N) is 3. The fraction of sp³-hybridized carbons (Fsp3) is 0.160. The minimum atomic E-state index is -0.495. The minimum absolute atomic E-state index is 0.292. The maximum Gasteiger partial charge on any atom is 0.345 e. The number of fused-ring (bicyclic) bond motifs is 1. The third kappa shape index (κ3) is 4.84. The van der Waals surface area contributed by atoms with Crippen LogP contribution in [0.2, 0.25) is 0 Å². The summed E-state index contributed by atoms with van der Waals surface area (Å²) in [5.74, 6) is -0.462. The van der Waals surface area contributed by atoms with E-state index < -0.39 is 11.6 Å². The molecule has 0 unspecified atom stereocenters. The van der Waals surface area contributed by atoms with E-state index in [1.807, 2.05) is 67.5 Å². The molecule has 0 saturated carbocycles. The molecule has 162 valence electrons. The van der Waals surface area contributed by atoms with Gasteiger partial charge in [-0.15, -0.1) is 0 Å². The molecule has 32 heavy (non-hydrogen) atoms. The predicted molar refractivity (Wildman–Crippen MR) is 124 cm³/mol. The summed E-state index contributed by atoms with van der Waals surface area (Å²) < 4.78 is 12.4. The molecule has 0 atom stereocenters. The van der Waals surface area contributed by atoms with Crippen LogP contribution in [0.15, 0.2) is 82.1 Å². The molecule has 2 aromatic heterocycles. The average Bonchev–Trinajstić information content (AvgIpc) is 3.21. The molecule has 0 spiro atoms. The second-order valence-corrected chi connectivity index (χ2v) is 7.50. The molecule has 0 aliphatic rings. The van der Waals surface area contributed by atoms with Gasteiger partial charge in [-0.2, -0.15) is 5.10 Å². The number of ether oxygens (including phenoxy) is 1. The normalized spacial score (nSPS) is 11.5. The number of aromatic nitrogens is 2. The summed E-state index contributed by atoms with van der Waals surface area (Å²) in [7, 11) is 3.81. The van der Waals surface area contributed by atoms with Gasteiger partial charge in [-0.25, -0.2) is 14.3 Å². The van der Waals surface area contributed by atoms with Crippen molar-refractivity contribution in [3.8, 4) is 16.9 Å². The van der Waals surface area contributed by atoms with Crippen molar-refractivity contribution in [3.05, 3.63) is 88.9 Å². The van der Waals surface area contributed by atoms with E-state index in [0.717, 1.165) is 11.1 Å². The molecule has 0 saturated heterocycles. The van der Waals surface area contributed by atoms with Gasteiger partial charge in [0.1, 0.15) is 17.9 Å². The van der Waals surface area contributed by atoms with Gasteiger partial charge in [0.25, 0.3) is 0 Å². The first kappa shape index (κ1) is 21.3. The number of benzene rings is 2. The number of carbonyl (C=O) groups is 1. The van der Waals surface area contributed by atoms with Gasteiger partial charge < -0.3 is 14.1 Å². The van der Waals surface area contributed by atoms with Gasteiger partial charge in [0, 0.05) is 29.8 Å². The second kappa shape index (κ2) is 9.45. The lowest BCUT2D eigenvalue weighted by atomic mass is 10.1. The van der Waals surface area contributed by atoms with Crippen molar-refractivity contribution in [1.82, 2.24) is 14.7 Å². The molecule has 7 nitrogen and oxygen atoms in total. The summed E-state index contributed by atoms with van der Waals surface area (Å²) in [4.78, 5) is 26.8. The molecule has 0 amide bonds. The zero-order valence-electron chi connectivity index (χ0n) is 17.9. The number of carbonyl (C=O) groups excluding carboxylic acids is 1. The van der Waals surface area contributed by atoms with Gasteiger partial charge in [-0.1, -0.05) is 36.4 Å². The third-order valence-electron chi connectivity index (χ3n) is 4.84. The van der Waals surface area contributed by atoms with Gasteiger partial charge in [-0.05, 0) is 44.4 Å². The second-order valence-electron chi connectivity index (χ2n) is 7.50. The van der Waals surface area contributed by atoms with Crippen molar-refractivity contribution in [1.29, 1.82) is 0 Å². The van der Waals surface area contributed by atoms with Crippen LogP contribution in [0.4, 0.5) is 0 Å². The van der Waals surface area contributed by atoms with Gasteiger partial charge in [0.15, 0.2) is 0 Å². The summed E-state index contributed by atoms with van der Waals surface area (Å²) in [5.41, 5.74) is 2.17. The van der Waals surface area contributed by atoms with Crippen LogP contribution in [-0.4, -0.2) is 47.9 Å². The number of esters is 1. The number of hydrogen-bond acceptors (Lipinski definition) is 6. The highest BCUT2D eigenvalue weighted by Gasteiger charge is 2.16. The van der Waals surface area contributed by atoms with E-state index in [4.69, 9.17) is 9.15 Å². The van der Waals surface area contributed by atoms with Crippen LogP contribution in [0.3, 0.4) is 0 Å². The van der Waals surface area contributed by atoms with Crippen LogP contribution in [0.1, 0.15) is 5.56 Å². The zero-order chi connectivity index (χ0) is 22.5. The summed E-state index contributed by atoms with van der Waals surface area (Å²) in [6.07, 6.45) is 4.71. The fourth-order valence-electron chi connectivity index (χ4n) is 3.19. The van der Waals surface area contributed by atoms with E-state index in [1.165, 1.54) is 6.08 Å². The van der Waals surface area contributed by atoms with Gasteiger partial charge in [-0.3, -0.25) is 0 Å². The van der Waals surface area contributed by atoms with Crippen LogP contribution in [0, 0.1) is 0 Å². The molecular weight excluding hydrogens is 406 g/mol. The molecule has 0 aliphatic heterocycles. The fourth-order valence-corrected chi connectivity index (χ4v) is 3.19. The number of hydrogen-bond donors (Lipinski definition) is 0. The third-order valence-corrected chi connectivity index (χ3v) is 4.84. The highest BCUT2D eigenvalue weighted by Crippen LogP contribution is 2.25. The first-order valence-corrected chi connectivity index (χ1v) is 10.2. The maximum atomic E-state index is 12.7. The largest absolute Gasteiger partial charge is 0.461 e. The van der Waals surface area contributed by atoms with Crippen molar-refractivity contribution < 1.29 is 13.9 Å². The Morgan fingerprint density at radius 2 is 1.88 bits per heavy atom. The Kier molecular flexibility index (Phi) is 6.28. The van der Waals surface area contributed by atoms with E-state index in [1.54, 1.807) is 29.1 Å². The van der Waals surface area contributed by atoms with E-state index in [-0.39, 0.29) is 0 Å². The van der Waals surface area contributed by atoms with E-state index >= 15 is 0 Å². The summed E-state index contributed by atoms with van der Waals surface area (Å²) in [6, 6.07) is 18.6. The van der Waals surface area contributed by atoms with Crippen LogP contribution in [-0.2, 0) is 9.53 Å². The number of rotatable bonds is 7. The Balaban J connectivity index is 1.73. The Morgan fingerprint density at radius 1 is 1.12 bits per heavy atom. The van der Waals surface area contributed by atoms with E-state index in [9.17, 15) is 9.59 Å². The zero-order valence-corrected chi connectivity index (χ0v) is 17.9. The number of para-hydroxylation sites is 2. The molecule has 4 aromatic rings. The van der Waals surface area contributed by atoms with E-state index in [2.05, 4.69) is 5.10 Å². The molecular formula is C25H23N3O4. The lowest BCUT2D eigenvalue weighted by Crippen LogP contribution is -2.19. The smallest absolute Gasteiger partial charge is 0.345 e. The highest BCUT2D eigenvalue weighted by atomic mass is 16.5. The van der Waals surface area contributed by atoms with Crippen molar-refractivity contribution >= 4 is 23.0 Å². The summed E-state index contributed by atoms with van der Waals surface area (Å²) in [6.45, 7) is 0.926. The average molecular weight is 429 g/mol. The van der Waals surface area contributed by atoms with Crippen LogP contribution < -0.4 is 5.63 Å². The Morgan fingerprint density at radius 3 is 2.66 bits per heavy atom. The SMILES string of the molecule is CN(C)CCOC(=O)/C=C/c1cn(-c2ccccc2)nc1-c1cc2ccccc2oc1=O. The van der Waals surface area contributed by atoms with Gasteiger partial charge >= 0.3 is 11.6 Å². The molecule has 0 fully saturated rings. The first-order chi connectivity index (χ1) is 15.5. The predicted octanol–water partition coefficient (Wildman–Crippen LogP) is 3.76. The topological polar surface area (TPSA) is 77.6 Å². The minimum Gasteiger partial charge on any atom is -0.461 e. The standard InChI is InChI=1S/C25H23N3O4/c1-27(2)14-15-31-23(29)13-12-19-17-28(20-9-4-3-5-10-20)26-24(19)21-16-18-8-6-7-11-22(18)32-25(21)30/h3-13,16-17H,14-15H2,1-2H3/b13-12+. The molecule has 0 bridgehead atoms. The number of likely N-dealkylation sites (N-methyl/N-ethyl adjacent to an activating group) is 1. The molecule has 0 radical (unpaired) electrons. The van der Waals surface area contributed by atoms with Crippen molar-refractivity contribution in [2.24, 2.45) is 0 Å². The molecule has 0 aliphatic carbocycles. The van der Waals surface area contributed by atoms with Crippen LogP contribution >= 0.6 is 0 Å². The molecule has 7 heteroatoms. The lowest BCUT2D eigenvalue weighted by molar-refractivity contribution is -0.137. The Hall–Kier alpha value is -3.97.